The molecule has 1 aromatic rings. The predicted molar refractivity (Wildman–Crippen MR) is 79.5 cm³/mol. The summed E-state index contributed by atoms with van der Waals surface area (Å²) in [4.78, 5) is 0. The third-order valence-electron chi connectivity index (χ3n) is 3.86. The minimum absolute atomic E-state index is 0.302. The van der Waals surface area contributed by atoms with Gasteiger partial charge < -0.3 is 5.32 Å². The largest absolute Gasteiger partial charge is 0.310 e. The average Bonchev–Trinajstić information content (AvgIpc) is 2.38. The highest BCUT2D eigenvalue weighted by Crippen LogP contribution is 2.39. The molecule has 3 heteroatoms. The maximum atomic E-state index is 6.35. The van der Waals surface area contributed by atoms with E-state index in [0.29, 0.717) is 12.0 Å². The fraction of sp³-hybridized carbons (Fsp3) is 0.600. The minimum atomic E-state index is 0.302. The van der Waals surface area contributed by atoms with Crippen LogP contribution < -0.4 is 5.32 Å². The van der Waals surface area contributed by atoms with Gasteiger partial charge in [-0.1, -0.05) is 55.5 Å². The van der Waals surface area contributed by atoms with Gasteiger partial charge in [-0.25, -0.2) is 0 Å². The van der Waals surface area contributed by atoms with Gasteiger partial charge in [-0.2, -0.15) is 0 Å². The van der Waals surface area contributed by atoms with Crippen molar-refractivity contribution in [2.45, 2.75) is 45.1 Å². The summed E-state index contributed by atoms with van der Waals surface area (Å²) in [7, 11) is 0. The fourth-order valence-electron chi connectivity index (χ4n) is 3.00. The lowest BCUT2D eigenvalue weighted by molar-refractivity contribution is 0.274. The van der Waals surface area contributed by atoms with Gasteiger partial charge in [0.2, 0.25) is 0 Å². The molecule has 1 N–H and O–H groups in total. The van der Waals surface area contributed by atoms with Crippen LogP contribution in [0.1, 0.15) is 50.6 Å². The molecular formula is C15H21Cl2N. The highest BCUT2D eigenvalue weighted by molar-refractivity contribution is 6.36. The van der Waals surface area contributed by atoms with Gasteiger partial charge in [-0.15, -0.1) is 0 Å². The van der Waals surface area contributed by atoms with Gasteiger partial charge in [0.1, 0.15) is 0 Å². The number of rotatable bonds is 4. The summed E-state index contributed by atoms with van der Waals surface area (Å²) in [5, 5.41) is 5.16. The van der Waals surface area contributed by atoms with Crippen molar-refractivity contribution < 1.29 is 0 Å². The van der Waals surface area contributed by atoms with E-state index in [1.807, 2.05) is 18.2 Å². The van der Waals surface area contributed by atoms with Crippen LogP contribution in [0.3, 0.4) is 0 Å². The molecule has 0 radical (unpaired) electrons. The van der Waals surface area contributed by atoms with Crippen molar-refractivity contribution in [2.24, 2.45) is 5.92 Å². The molecule has 100 valence electrons. The van der Waals surface area contributed by atoms with Gasteiger partial charge in [0.25, 0.3) is 0 Å². The summed E-state index contributed by atoms with van der Waals surface area (Å²) in [5.41, 5.74) is 1.09. The van der Waals surface area contributed by atoms with E-state index in [0.717, 1.165) is 22.2 Å². The molecule has 1 aliphatic carbocycles. The molecule has 2 rings (SSSR count). The van der Waals surface area contributed by atoms with E-state index < -0.39 is 0 Å². The predicted octanol–water partition coefficient (Wildman–Crippen LogP) is 5.22. The zero-order valence-corrected chi connectivity index (χ0v) is 12.4. The summed E-state index contributed by atoms with van der Waals surface area (Å²) >= 11 is 12.7. The van der Waals surface area contributed by atoms with Gasteiger partial charge in [0.15, 0.2) is 0 Å². The Morgan fingerprint density at radius 3 is 2.33 bits per heavy atom. The number of hydrogen-bond acceptors (Lipinski definition) is 1. The Balaban J connectivity index is 2.28. The van der Waals surface area contributed by atoms with E-state index in [4.69, 9.17) is 23.2 Å². The first-order valence-corrected chi connectivity index (χ1v) is 7.67. The van der Waals surface area contributed by atoms with Crippen molar-refractivity contribution in [1.82, 2.24) is 5.32 Å². The summed E-state index contributed by atoms with van der Waals surface area (Å²) < 4.78 is 0. The fourth-order valence-corrected chi connectivity index (χ4v) is 3.63. The molecule has 0 bridgehead atoms. The van der Waals surface area contributed by atoms with Gasteiger partial charge in [0, 0.05) is 21.7 Å². The van der Waals surface area contributed by atoms with E-state index in [1.165, 1.54) is 32.1 Å². The lowest BCUT2D eigenvalue weighted by Crippen LogP contribution is -2.30. The second kappa shape index (κ2) is 6.79. The Bertz CT molecular complexity index is 366. The number of hydrogen-bond donors (Lipinski definition) is 1. The first-order valence-electron chi connectivity index (χ1n) is 6.91. The summed E-state index contributed by atoms with van der Waals surface area (Å²) in [6.07, 6.45) is 6.58. The summed E-state index contributed by atoms with van der Waals surface area (Å²) in [5.74, 6) is 0.663. The van der Waals surface area contributed by atoms with Crippen LogP contribution in [0.2, 0.25) is 10.0 Å². The van der Waals surface area contributed by atoms with E-state index in [-0.39, 0.29) is 0 Å². The van der Waals surface area contributed by atoms with Crippen molar-refractivity contribution in [3.63, 3.8) is 0 Å². The smallest absolute Gasteiger partial charge is 0.0468 e. The van der Waals surface area contributed by atoms with Crippen LogP contribution in [0.15, 0.2) is 18.2 Å². The van der Waals surface area contributed by atoms with Crippen LogP contribution in [-0.4, -0.2) is 6.54 Å². The monoisotopic (exact) mass is 285 g/mol. The van der Waals surface area contributed by atoms with Crippen LogP contribution in [0.4, 0.5) is 0 Å². The molecular weight excluding hydrogens is 265 g/mol. The molecule has 1 fully saturated rings. The SMILES string of the molecule is CCNC(c1c(Cl)cccc1Cl)C1CCCCC1. The number of benzene rings is 1. The maximum absolute atomic E-state index is 6.35. The Labute approximate surface area is 120 Å². The van der Waals surface area contributed by atoms with E-state index in [1.54, 1.807) is 0 Å². The lowest BCUT2D eigenvalue weighted by atomic mass is 9.81. The second-order valence-corrected chi connectivity index (χ2v) is 5.88. The van der Waals surface area contributed by atoms with Gasteiger partial charge >= 0.3 is 0 Å². The molecule has 1 nitrogen and oxygen atoms in total. The molecule has 1 atom stereocenters. The Hall–Kier alpha value is -0.240. The topological polar surface area (TPSA) is 12.0 Å². The second-order valence-electron chi connectivity index (χ2n) is 5.07. The molecule has 1 aliphatic rings. The quantitative estimate of drug-likeness (QED) is 0.799. The lowest BCUT2D eigenvalue weighted by Gasteiger charge is -2.32. The molecule has 1 saturated carbocycles. The van der Waals surface area contributed by atoms with Crippen molar-refractivity contribution in [1.29, 1.82) is 0 Å². The van der Waals surface area contributed by atoms with Crippen LogP contribution in [0.5, 0.6) is 0 Å². The molecule has 0 spiro atoms. The van der Waals surface area contributed by atoms with E-state index in [9.17, 15) is 0 Å². The first-order chi connectivity index (χ1) is 8.74. The van der Waals surface area contributed by atoms with Crippen LogP contribution in [0, 0.1) is 5.92 Å². The van der Waals surface area contributed by atoms with Gasteiger partial charge in [-0.3, -0.25) is 0 Å². The van der Waals surface area contributed by atoms with Crippen LogP contribution >= 0.6 is 23.2 Å². The zero-order chi connectivity index (χ0) is 13.0. The van der Waals surface area contributed by atoms with Crippen molar-refractivity contribution in [2.75, 3.05) is 6.54 Å². The van der Waals surface area contributed by atoms with Crippen molar-refractivity contribution in [3.8, 4) is 0 Å². The molecule has 18 heavy (non-hydrogen) atoms. The van der Waals surface area contributed by atoms with Crippen LogP contribution in [-0.2, 0) is 0 Å². The number of halogens is 2. The normalized spacial score (nSPS) is 18.8. The van der Waals surface area contributed by atoms with Crippen molar-refractivity contribution in [3.05, 3.63) is 33.8 Å². The van der Waals surface area contributed by atoms with Gasteiger partial charge in [0.05, 0.1) is 0 Å². The first kappa shape index (κ1) is 14.2. The molecule has 1 aromatic carbocycles. The Kier molecular flexibility index (Phi) is 5.35. The van der Waals surface area contributed by atoms with Crippen LogP contribution in [0.25, 0.3) is 0 Å². The summed E-state index contributed by atoms with van der Waals surface area (Å²) in [6, 6.07) is 6.10. The molecule has 0 aromatic heterocycles. The standard InChI is InChI=1S/C15H21Cl2N/c1-2-18-15(11-7-4-3-5-8-11)14-12(16)9-6-10-13(14)17/h6,9-11,15,18H,2-5,7-8H2,1H3. The molecule has 0 heterocycles. The van der Waals surface area contributed by atoms with E-state index in [2.05, 4.69) is 12.2 Å². The van der Waals surface area contributed by atoms with Gasteiger partial charge in [-0.05, 0) is 37.4 Å². The average molecular weight is 286 g/mol. The van der Waals surface area contributed by atoms with Crippen molar-refractivity contribution >= 4 is 23.2 Å². The highest BCUT2D eigenvalue weighted by atomic mass is 35.5. The molecule has 0 aliphatic heterocycles. The Morgan fingerprint density at radius 2 is 1.78 bits per heavy atom. The molecule has 0 saturated heterocycles. The third-order valence-corrected chi connectivity index (χ3v) is 4.52. The summed E-state index contributed by atoms with van der Waals surface area (Å²) in [6.45, 7) is 3.09. The number of nitrogens with one attached hydrogen (secondary N) is 1. The Morgan fingerprint density at radius 1 is 1.17 bits per heavy atom. The third kappa shape index (κ3) is 3.20. The highest BCUT2D eigenvalue weighted by Gasteiger charge is 2.27. The molecule has 0 amide bonds. The van der Waals surface area contributed by atoms with E-state index >= 15 is 0 Å². The molecule has 1 unspecified atom stereocenters. The zero-order valence-electron chi connectivity index (χ0n) is 10.9. The minimum Gasteiger partial charge on any atom is -0.310 e. The maximum Gasteiger partial charge on any atom is 0.0468 e.